The van der Waals surface area contributed by atoms with Crippen LogP contribution in [0.5, 0.6) is 0 Å². The largest absolute Gasteiger partial charge is 0.337 e. The quantitative estimate of drug-likeness (QED) is 0.811. The lowest BCUT2D eigenvalue weighted by Crippen LogP contribution is -2.32. The molecule has 0 aromatic heterocycles. The van der Waals surface area contributed by atoms with Gasteiger partial charge in [-0.05, 0) is 36.8 Å². The number of hydrogen-bond acceptors (Lipinski definition) is 3. The van der Waals surface area contributed by atoms with E-state index in [1.165, 1.54) is 17.0 Å². The normalized spacial score (nSPS) is 17.9. The number of carbonyl (C=O) groups is 1. The summed E-state index contributed by atoms with van der Waals surface area (Å²) in [6, 6.07) is 12.9. The molecule has 1 aliphatic heterocycles. The fourth-order valence-corrected chi connectivity index (χ4v) is 5.07. The Morgan fingerprint density at radius 2 is 1.67 bits per heavy atom. The van der Waals surface area contributed by atoms with E-state index in [-0.39, 0.29) is 17.3 Å². The van der Waals surface area contributed by atoms with Crippen LogP contribution in [0.4, 0.5) is 0 Å². The molecule has 24 heavy (non-hydrogen) atoms. The highest BCUT2D eigenvalue weighted by Crippen LogP contribution is 2.26. The van der Waals surface area contributed by atoms with Gasteiger partial charge in [-0.3, -0.25) is 4.79 Å². The maximum atomic E-state index is 12.7. The summed E-state index contributed by atoms with van der Waals surface area (Å²) in [4.78, 5) is 14.4. The van der Waals surface area contributed by atoms with Gasteiger partial charge in [0.15, 0.2) is 9.84 Å². The molecule has 7 heteroatoms. The van der Waals surface area contributed by atoms with Gasteiger partial charge in [-0.1, -0.05) is 41.4 Å². The predicted molar refractivity (Wildman–Crippen MR) is 94.4 cm³/mol. The summed E-state index contributed by atoms with van der Waals surface area (Å²) in [5.74, 6) is -0.259. The second-order valence-corrected chi connectivity index (χ2v) is 8.78. The Bertz CT molecular complexity index is 848. The fraction of sp³-hybridized carbons (Fsp3) is 0.235. The van der Waals surface area contributed by atoms with E-state index in [0.717, 1.165) is 0 Å². The molecule has 3 rings (SSSR count). The lowest BCUT2D eigenvalue weighted by molar-refractivity contribution is 0.0793. The zero-order valence-electron chi connectivity index (χ0n) is 12.7. The van der Waals surface area contributed by atoms with Gasteiger partial charge in [-0.2, -0.15) is 0 Å². The van der Waals surface area contributed by atoms with Gasteiger partial charge in [-0.25, -0.2) is 8.42 Å². The van der Waals surface area contributed by atoms with Gasteiger partial charge in [0.05, 0.1) is 10.1 Å². The number of amides is 1. The highest BCUT2D eigenvalue weighted by Gasteiger charge is 2.36. The van der Waals surface area contributed by atoms with Crippen LogP contribution in [0.1, 0.15) is 16.8 Å². The van der Waals surface area contributed by atoms with Gasteiger partial charge in [0.1, 0.15) is 0 Å². The van der Waals surface area contributed by atoms with Crippen LogP contribution in [-0.2, 0) is 9.84 Å². The third-order valence-corrected chi connectivity index (χ3v) is 6.68. The third kappa shape index (κ3) is 3.43. The van der Waals surface area contributed by atoms with E-state index >= 15 is 0 Å². The number of sulfone groups is 1. The minimum Gasteiger partial charge on any atom is -0.337 e. The molecule has 1 unspecified atom stereocenters. The maximum absolute atomic E-state index is 12.7. The molecule has 1 saturated heterocycles. The summed E-state index contributed by atoms with van der Waals surface area (Å²) in [6.45, 7) is 0.555. The Hall–Kier alpha value is -1.56. The Kier molecular flexibility index (Phi) is 4.85. The third-order valence-electron chi connectivity index (χ3n) is 4.05. The van der Waals surface area contributed by atoms with Crippen molar-refractivity contribution in [3.8, 4) is 0 Å². The first-order valence-corrected chi connectivity index (χ1v) is 9.72. The molecule has 1 atom stereocenters. The monoisotopic (exact) mass is 383 g/mol. The van der Waals surface area contributed by atoms with Crippen molar-refractivity contribution in [2.75, 3.05) is 13.1 Å². The van der Waals surface area contributed by atoms with Crippen LogP contribution in [-0.4, -0.2) is 37.6 Å². The average molecular weight is 384 g/mol. The van der Waals surface area contributed by atoms with Gasteiger partial charge < -0.3 is 4.90 Å². The first-order valence-electron chi connectivity index (χ1n) is 7.42. The highest BCUT2D eigenvalue weighted by molar-refractivity contribution is 7.92. The zero-order valence-corrected chi connectivity index (χ0v) is 15.0. The standard InChI is InChI=1S/C17H15Cl2NO3S/c18-13-8-12(9-14(19)10-13)17(21)20-7-6-16(11-20)24(22,23)15-4-2-1-3-5-15/h1-5,8-10,16H,6-7,11H2. The molecule has 126 valence electrons. The van der Waals surface area contributed by atoms with E-state index < -0.39 is 15.1 Å². The molecule has 1 amide bonds. The zero-order chi connectivity index (χ0) is 17.3. The molecule has 0 saturated carbocycles. The summed E-state index contributed by atoms with van der Waals surface area (Å²) in [7, 11) is -3.45. The van der Waals surface area contributed by atoms with Crippen molar-refractivity contribution in [2.24, 2.45) is 0 Å². The molecule has 0 radical (unpaired) electrons. The minimum absolute atomic E-state index is 0.167. The molecular formula is C17H15Cl2NO3S. The summed E-state index contributed by atoms with van der Waals surface area (Å²) >= 11 is 11.9. The molecule has 2 aromatic rings. The molecule has 0 N–H and O–H groups in total. The lowest BCUT2D eigenvalue weighted by Gasteiger charge is -2.17. The van der Waals surface area contributed by atoms with E-state index in [0.29, 0.717) is 28.6 Å². The van der Waals surface area contributed by atoms with Gasteiger partial charge in [0.25, 0.3) is 5.91 Å². The molecule has 0 aliphatic carbocycles. The molecular weight excluding hydrogens is 369 g/mol. The molecule has 0 bridgehead atoms. The summed E-state index contributed by atoms with van der Waals surface area (Å²) in [5, 5.41) is 0.149. The molecule has 1 aliphatic rings. The Morgan fingerprint density at radius 3 is 2.29 bits per heavy atom. The van der Waals surface area contributed by atoms with Crippen LogP contribution in [0.15, 0.2) is 53.4 Å². The number of carbonyl (C=O) groups excluding carboxylic acids is 1. The number of benzene rings is 2. The number of halogens is 2. The molecule has 4 nitrogen and oxygen atoms in total. The fourth-order valence-electron chi connectivity index (χ4n) is 2.83. The molecule has 1 heterocycles. The number of rotatable bonds is 3. The Labute approximate surface area is 150 Å². The first-order chi connectivity index (χ1) is 11.4. The summed E-state index contributed by atoms with van der Waals surface area (Å²) in [6.07, 6.45) is 0.414. The van der Waals surface area contributed by atoms with E-state index in [2.05, 4.69) is 0 Å². The van der Waals surface area contributed by atoms with Crippen LogP contribution in [0, 0.1) is 0 Å². The smallest absolute Gasteiger partial charge is 0.253 e. The number of nitrogens with zero attached hydrogens (tertiary/aromatic N) is 1. The predicted octanol–water partition coefficient (Wildman–Crippen LogP) is 3.68. The van der Waals surface area contributed by atoms with Crippen LogP contribution in [0.2, 0.25) is 10.0 Å². The van der Waals surface area contributed by atoms with Crippen molar-refractivity contribution in [1.82, 2.24) is 4.90 Å². The average Bonchev–Trinajstić information content (AvgIpc) is 3.05. The van der Waals surface area contributed by atoms with E-state index in [9.17, 15) is 13.2 Å². The van der Waals surface area contributed by atoms with Crippen molar-refractivity contribution in [3.05, 3.63) is 64.1 Å². The van der Waals surface area contributed by atoms with Crippen molar-refractivity contribution >= 4 is 38.9 Å². The Morgan fingerprint density at radius 1 is 1.04 bits per heavy atom. The van der Waals surface area contributed by atoms with E-state index in [1.54, 1.807) is 36.4 Å². The molecule has 0 spiro atoms. The summed E-state index contributed by atoms with van der Waals surface area (Å²) in [5.41, 5.74) is 0.366. The van der Waals surface area contributed by atoms with Gasteiger partial charge in [0.2, 0.25) is 0 Å². The Balaban J connectivity index is 1.79. The van der Waals surface area contributed by atoms with Crippen molar-refractivity contribution < 1.29 is 13.2 Å². The van der Waals surface area contributed by atoms with Crippen LogP contribution in [0.25, 0.3) is 0 Å². The minimum atomic E-state index is -3.45. The molecule has 2 aromatic carbocycles. The van der Waals surface area contributed by atoms with Crippen molar-refractivity contribution in [3.63, 3.8) is 0 Å². The maximum Gasteiger partial charge on any atom is 0.253 e. The second-order valence-electron chi connectivity index (χ2n) is 5.68. The highest BCUT2D eigenvalue weighted by atomic mass is 35.5. The SMILES string of the molecule is O=C(c1cc(Cl)cc(Cl)c1)N1CCC(S(=O)(=O)c2ccccc2)C1. The number of likely N-dealkylation sites (tertiary alicyclic amines) is 1. The second kappa shape index (κ2) is 6.75. The lowest BCUT2D eigenvalue weighted by atomic mass is 10.2. The van der Waals surface area contributed by atoms with Crippen LogP contribution in [0.3, 0.4) is 0 Å². The van der Waals surface area contributed by atoms with Gasteiger partial charge in [0, 0.05) is 28.7 Å². The van der Waals surface area contributed by atoms with Crippen molar-refractivity contribution in [2.45, 2.75) is 16.6 Å². The first kappa shape index (κ1) is 17.3. The summed E-state index contributed by atoms with van der Waals surface area (Å²) < 4.78 is 25.3. The van der Waals surface area contributed by atoms with Gasteiger partial charge >= 0.3 is 0 Å². The van der Waals surface area contributed by atoms with Crippen LogP contribution >= 0.6 is 23.2 Å². The van der Waals surface area contributed by atoms with Gasteiger partial charge in [-0.15, -0.1) is 0 Å². The van der Waals surface area contributed by atoms with Crippen molar-refractivity contribution in [1.29, 1.82) is 0 Å². The van der Waals surface area contributed by atoms with E-state index in [1.807, 2.05) is 0 Å². The molecule has 1 fully saturated rings. The van der Waals surface area contributed by atoms with Crippen LogP contribution < -0.4 is 0 Å². The van der Waals surface area contributed by atoms with E-state index in [4.69, 9.17) is 23.2 Å². The topological polar surface area (TPSA) is 54.5 Å². The number of hydrogen-bond donors (Lipinski definition) is 0.